The summed E-state index contributed by atoms with van der Waals surface area (Å²) in [6.45, 7) is 5.45. The Morgan fingerprint density at radius 3 is 2.63 bits per heavy atom. The van der Waals surface area contributed by atoms with E-state index in [0.29, 0.717) is 31.0 Å². The summed E-state index contributed by atoms with van der Waals surface area (Å²) >= 11 is 1.58. The zero-order valence-electron chi connectivity index (χ0n) is 17.3. The van der Waals surface area contributed by atoms with Crippen molar-refractivity contribution >= 4 is 37.5 Å². The molecule has 8 heteroatoms. The fraction of sp³-hybridized carbons (Fsp3) is 0.409. The number of aromatic nitrogens is 1. The molecule has 30 heavy (non-hydrogen) atoms. The minimum Gasteiger partial charge on any atom is -0.465 e. The third kappa shape index (κ3) is 3.79. The van der Waals surface area contributed by atoms with Gasteiger partial charge in [0.2, 0.25) is 10.0 Å². The molecule has 1 aliphatic heterocycles. The molecular formula is C22H26N2O4S2. The summed E-state index contributed by atoms with van der Waals surface area (Å²) in [5.74, 6) is -0.269. The van der Waals surface area contributed by atoms with Crippen LogP contribution in [0.5, 0.6) is 0 Å². The Morgan fingerprint density at radius 2 is 1.90 bits per heavy atom. The SMILES string of the molecule is CCOC(=O)Cn1c(C)c(Cc2ccccc2S(=O)(=O)N2CCCC2)c2ccsc21. The first kappa shape index (κ1) is 21.1. The maximum atomic E-state index is 13.2. The number of benzene rings is 1. The van der Waals surface area contributed by atoms with Gasteiger partial charge in [-0.25, -0.2) is 8.42 Å². The minimum atomic E-state index is -3.51. The van der Waals surface area contributed by atoms with Crippen molar-refractivity contribution in [3.63, 3.8) is 0 Å². The number of hydrogen-bond acceptors (Lipinski definition) is 5. The average molecular weight is 447 g/mol. The first-order valence-corrected chi connectivity index (χ1v) is 12.5. The standard InChI is InChI=1S/C22H26N2O4S2/c1-3-28-21(25)15-24-16(2)19(18-10-13-29-22(18)24)14-17-8-4-5-9-20(17)30(26,27)23-11-6-7-12-23/h4-5,8-10,13H,3,6-7,11-12,14-15H2,1-2H3. The van der Waals surface area contributed by atoms with Gasteiger partial charge in [-0.1, -0.05) is 18.2 Å². The van der Waals surface area contributed by atoms with Crippen LogP contribution in [0.2, 0.25) is 0 Å². The number of nitrogens with zero attached hydrogens (tertiary/aromatic N) is 2. The van der Waals surface area contributed by atoms with Crippen molar-refractivity contribution in [2.24, 2.45) is 0 Å². The maximum absolute atomic E-state index is 13.2. The van der Waals surface area contributed by atoms with Gasteiger partial charge in [0.1, 0.15) is 11.4 Å². The van der Waals surface area contributed by atoms with Gasteiger partial charge in [0.25, 0.3) is 0 Å². The number of esters is 1. The zero-order chi connectivity index (χ0) is 21.3. The summed E-state index contributed by atoms with van der Waals surface area (Å²) < 4.78 is 35.2. The maximum Gasteiger partial charge on any atom is 0.325 e. The fourth-order valence-electron chi connectivity index (χ4n) is 4.16. The highest BCUT2D eigenvalue weighted by atomic mass is 32.2. The number of carbonyl (C=O) groups is 1. The van der Waals surface area contributed by atoms with Crippen LogP contribution >= 0.6 is 11.3 Å². The Morgan fingerprint density at radius 1 is 1.17 bits per heavy atom. The van der Waals surface area contributed by atoms with Gasteiger partial charge < -0.3 is 9.30 Å². The number of sulfonamides is 1. The van der Waals surface area contributed by atoms with Crippen molar-refractivity contribution in [2.45, 2.75) is 44.6 Å². The highest BCUT2D eigenvalue weighted by Gasteiger charge is 2.29. The van der Waals surface area contributed by atoms with Gasteiger partial charge >= 0.3 is 5.97 Å². The topological polar surface area (TPSA) is 68.6 Å². The number of hydrogen-bond donors (Lipinski definition) is 0. The molecule has 6 nitrogen and oxygen atoms in total. The Balaban J connectivity index is 1.73. The fourth-order valence-corrected chi connectivity index (χ4v) is 6.88. The molecule has 0 atom stereocenters. The van der Waals surface area contributed by atoms with Crippen LogP contribution in [0.1, 0.15) is 36.6 Å². The largest absolute Gasteiger partial charge is 0.465 e. The Bertz CT molecular complexity index is 1170. The molecule has 160 valence electrons. The molecule has 0 radical (unpaired) electrons. The second-order valence-electron chi connectivity index (χ2n) is 7.49. The van der Waals surface area contributed by atoms with Crippen LogP contribution in [0.3, 0.4) is 0 Å². The van der Waals surface area contributed by atoms with E-state index >= 15 is 0 Å². The van der Waals surface area contributed by atoms with Gasteiger partial charge in [0, 0.05) is 30.6 Å². The highest BCUT2D eigenvalue weighted by molar-refractivity contribution is 7.89. The van der Waals surface area contributed by atoms with Crippen molar-refractivity contribution in [1.82, 2.24) is 8.87 Å². The molecule has 1 aliphatic rings. The van der Waals surface area contributed by atoms with Crippen LogP contribution in [0.25, 0.3) is 10.2 Å². The summed E-state index contributed by atoms with van der Waals surface area (Å²) in [4.78, 5) is 13.5. The van der Waals surface area contributed by atoms with Crippen molar-refractivity contribution in [1.29, 1.82) is 0 Å². The van der Waals surface area contributed by atoms with E-state index in [2.05, 4.69) is 0 Å². The van der Waals surface area contributed by atoms with Gasteiger partial charge in [0.15, 0.2) is 0 Å². The average Bonchev–Trinajstić information content (AvgIpc) is 3.46. The Kier molecular flexibility index (Phi) is 5.99. The molecule has 0 aliphatic carbocycles. The number of fused-ring (bicyclic) bond motifs is 1. The third-order valence-electron chi connectivity index (χ3n) is 5.67. The van der Waals surface area contributed by atoms with Crippen molar-refractivity contribution in [2.75, 3.05) is 19.7 Å². The van der Waals surface area contributed by atoms with Crippen LogP contribution in [0.15, 0.2) is 40.6 Å². The molecule has 2 aromatic heterocycles. The third-order valence-corrected chi connectivity index (χ3v) is 8.61. The summed E-state index contributed by atoms with van der Waals surface area (Å²) in [6.07, 6.45) is 2.32. The van der Waals surface area contributed by atoms with Crippen molar-refractivity contribution in [3.05, 3.63) is 52.5 Å². The van der Waals surface area contributed by atoms with Gasteiger partial charge in [0.05, 0.1) is 11.5 Å². The number of thiophene rings is 1. The predicted octanol–water partition coefficient (Wildman–Crippen LogP) is 3.95. The van der Waals surface area contributed by atoms with Crippen molar-refractivity contribution in [3.8, 4) is 0 Å². The molecule has 1 saturated heterocycles. The molecule has 1 fully saturated rings. The van der Waals surface area contributed by atoms with Crippen LogP contribution in [0.4, 0.5) is 0 Å². The molecule has 0 saturated carbocycles. The monoisotopic (exact) mass is 446 g/mol. The van der Waals surface area contributed by atoms with Crippen LogP contribution < -0.4 is 0 Å². The van der Waals surface area contributed by atoms with E-state index in [9.17, 15) is 13.2 Å². The Hall–Kier alpha value is -2.16. The molecule has 0 unspecified atom stereocenters. The first-order valence-electron chi connectivity index (χ1n) is 10.2. The number of rotatable bonds is 7. The molecule has 0 bridgehead atoms. The van der Waals surface area contributed by atoms with E-state index in [4.69, 9.17) is 4.74 Å². The second-order valence-corrected chi connectivity index (χ2v) is 10.3. The van der Waals surface area contributed by atoms with E-state index < -0.39 is 10.0 Å². The second kappa shape index (κ2) is 8.53. The summed E-state index contributed by atoms with van der Waals surface area (Å²) in [6, 6.07) is 9.31. The van der Waals surface area contributed by atoms with Crippen LogP contribution in [-0.4, -0.2) is 43.0 Å². The van der Waals surface area contributed by atoms with E-state index in [0.717, 1.165) is 39.9 Å². The summed E-state index contributed by atoms with van der Waals surface area (Å²) in [5.41, 5.74) is 2.81. The zero-order valence-corrected chi connectivity index (χ0v) is 18.9. The van der Waals surface area contributed by atoms with E-state index in [1.165, 1.54) is 0 Å². The highest BCUT2D eigenvalue weighted by Crippen LogP contribution is 2.34. The van der Waals surface area contributed by atoms with E-state index in [1.54, 1.807) is 34.7 Å². The molecule has 0 N–H and O–H groups in total. The van der Waals surface area contributed by atoms with Crippen LogP contribution in [0, 0.1) is 6.92 Å². The molecule has 1 aromatic carbocycles. The first-order chi connectivity index (χ1) is 14.4. The number of carbonyl (C=O) groups excluding carboxylic acids is 1. The van der Waals surface area contributed by atoms with E-state index in [-0.39, 0.29) is 12.5 Å². The number of ether oxygens (including phenoxy) is 1. The molecule has 4 rings (SSSR count). The molecule has 0 spiro atoms. The smallest absolute Gasteiger partial charge is 0.325 e. The lowest BCUT2D eigenvalue weighted by Crippen LogP contribution is -2.28. The normalized spacial score (nSPS) is 15.1. The van der Waals surface area contributed by atoms with Gasteiger partial charge in [-0.05, 0) is 55.3 Å². The van der Waals surface area contributed by atoms with Gasteiger partial charge in [-0.15, -0.1) is 11.3 Å². The lowest BCUT2D eigenvalue weighted by Gasteiger charge is -2.18. The lowest BCUT2D eigenvalue weighted by molar-refractivity contribution is -0.143. The summed E-state index contributed by atoms with van der Waals surface area (Å²) in [7, 11) is -3.51. The van der Waals surface area contributed by atoms with Crippen molar-refractivity contribution < 1.29 is 17.9 Å². The van der Waals surface area contributed by atoms with Gasteiger partial charge in [-0.2, -0.15) is 4.31 Å². The van der Waals surface area contributed by atoms with Crippen LogP contribution in [-0.2, 0) is 32.5 Å². The molecular weight excluding hydrogens is 420 g/mol. The molecule has 3 heterocycles. The minimum absolute atomic E-state index is 0.157. The molecule has 0 amide bonds. The quantitative estimate of drug-likeness (QED) is 0.516. The predicted molar refractivity (Wildman–Crippen MR) is 118 cm³/mol. The molecule has 3 aromatic rings. The Labute approximate surface area is 181 Å². The van der Waals surface area contributed by atoms with Gasteiger partial charge in [-0.3, -0.25) is 4.79 Å². The van der Waals surface area contributed by atoms with E-state index in [1.807, 2.05) is 35.1 Å². The summed E-state index contributed by atoms with van der Waals surface area (Å²) in [5, 5.41) is 3.07. The lowest BCUT2D eigenvalue weighted by atomic mass is 10.0.